The summed E-state index contributed by atoms with van der Waals surface area (Å²) in [4.78, 5) is 4.27. The molecule has 0 amide bonds. The van der Waals surface area contributed by atoms with Gasteiger partial charge < -0.3 is 10.1 Å². The van der Waals surface area contributed by atoms with Gasteiger partial charge in [-0.15, -0.1) is 0 Å². The monoisotopic (exact) mass is 324 g/mol. The van der Waals surface area contributed by atoms with Crippen molar-refractivity contribution in [3.05, 3.63) is 51.9 Å². The van der Waals surface area contributed by atoms with Crippen molar-refractivity contribution in [2.45, 2.75) is 13.5 Å². The number of hydrogen-bond donors (Lipinski definition) is 1. The lowest BCUT2D eigenvalue weighted by atomic mass is 10.2. The fourth-order valence-corrected chi connectivity index (χ4v) is 2.18. The quantitative estimate of drug-likeness (QED) is 0.925. The van der Waals surface area contributed by atoms with Gasteiger partial charge >= 0.3 is 0 Å². The van der Waals surface area contributed by atoms with Crippen LogP contribution in [0.5, 0.6) is 5.75 Å². The molecule has 100 valence electrons. The van der Waals surface area contributed by atoms with Crippen LogP contribution in [-0.4, -0.2) is 12.1 Å². The predicted molar refractivity (Wildman–Crippen MR) is 77.0 cm³/mol. The van der Waals surface area contributed by atoms with Gasteiger partial charge in [0, 0.05) is 17.2 Å². The average molecular weight is 325 g/mol. The van der Waals surface area contributed by atoms with E-state index >= 15 is 0 Å². The topological polar surface area (TPSA) is 34.1 Å². The summed E-state index contributed by atoms with van der Waals surface area (Å²) in [5.41, 5.74) is 1.87. The van der Waals surface area contributed by atoms with Crippen LogP contribution in [0.1, 0.15) is 11.1 Å². The molecule has 0 aliphatic carbocycles. The van der Waals surface area contributed by atoms with E-state index in [-0.39, 0.29) is 11.6 Å². The number of rotatable bonds is 4. The normalized spacial score (nSPS) is 10.3. The second kappa shape index (κ2) is 6.02. The maximum Gasteiger partial charge on any atom is 0.165 e. The average Bonchev–Trinajstić information content (AvgIpc) is 2.38. The lowest BCUT2D eigenvalue weighted by Crippen LogP contribution is -2.03. The van der Waals surface area contributed by atoms with E-state index < -0.39 is 0 Å². The van der Waals surface area contributed by atoms with Gasteiger partial charge in [-0.25, -0.2) is 9.37 Å². The van der Waals surface area contributed by atoms with Crippen molar-refractivity contribution < 1.29 is 9.13 Å². The zero-order chi connectivity index (χ0) is 13.8. The van der Waals surface area contributed by atoms with E-state index in [1.54, 1.807) is 12.3 Å². The van der Waals surface area contributed by atoms with Gasteiger partial charge in [0.1, 0.15) is 5.82 Å². The smallest absolute Gasteiger partial charge is 0.165 e. The minimum atomic E-state index is -0.359. The molecule has 1 N–H and O–H groups in total. The summed E-state index contributed by atoms with van der Waals surface area (Å²) in [6, 6.07) is 6.88. The highest BCUT2D eigenvalue weighted by Crippen LogP contribution is 2.20. The number of benzene rings is 1. The molecule has 0 aliphatic heterocycles. The maximum atomic E-state index is 13.5. The Morgan fingerprint density at radius 3 is 2.79 bits per heavy atom. The molecule has 2 aromatic rings. The summed E-state index contributed by atoms with van der Waals surface area (Å²) in [6.07, 6.45) is 1.73. The van der Waals surface area contributed by atoms with Crippen molar-refractivity contribution in [3.8, 4) is 5.75 Å². The van der Waals surface area contributed by atoms with E-state index in [4.69, 9.17) is 4.74 Å². The van der Waals surface area contributed by atoms with Crippen molar-refractivity contribution in [2.75, 3.05) is 12.4 Å². The molecule has 19 heavy (non-hydrogen) atoms. The Morgan fingerprint density at radius 1 is 1.37 bits per heavy atom. The minimum Gasteiger partial charge on any atom is -0.494 e. The van der Waals surface area contributed by atoms with Gasteiger partial charge in [0.05, 0.1) is 7.11 Å². The summed E-state index contributed by atoms with van der Waals surface area (Å²) in [7, 11) is 1.45. The Bertz CT molecular complexity index is 590. The SMILES string of the molecule is COc1ccc(CNc2ncc(Br)cc2C)cc1F. The lowest BCUT2D eigenvalue weighted by Gasteiger charge is -2.09. The third kappa shape index (κ3) is 3.44. The molecular weight excluding hydrogens is 311 g/mol. The predicted octanol–water partition coefficient (Wildman–Crippen LogP) is 3.91. The Labute approximate surface area is 119 Å². The number of nitrogens with zero attached hydrogens (tertiary/aromatic N) is 1. The van der Waals surface area contributed by atoms with Gasteiger partial charge in [-0.3, -0.25) is 0 Å². The van der Waals surface area contributed by atoms with Crippen LogP contribution in [-0.2, 0) is 6.54 Å². The molecule has 0 atom stereocenters. The van der Waals surface area contributed by atoms with Crippen molar-refractivity contribution in [1.82, 2.24) is 4.98 Å². The Morgan fingerprint density at radius 2 is 2.16 bits per heavy atom. The zero-order valence-electron chi connectivity index (χ0n) is 10.7. The van der Waals surface area contributed by atoms with Crippen LogP contribution in [0.2, 0.25) is 0 Å². The van der Waals surface area contributed by atoms with E-state index in [0.29, 0.717) is 6.54 Å². The molecule has 0 fully saturated rings. The number of pyridine rings is 1. The largest absolute Gasteiger partial charge is 0.494 e. The van der Waals surface area contributed by atoms with Crippen LogP contribution in [0.15, 0.2) is 34.9 Å². The van der Waals surface area contributed by atoms with Crippen molar-refractivity contribution in [3.63, 3.8) is 0 Å². The molecular formula is C14H14BrFN2O. The molecule has 3 nitrogen and oxygen atoms in total. The molecule has 0 unspecified atom stereocenters. The standard InChI is InChI=1S/C14H14BrFN2O/c1-9-5-11(15)8-18-14(9)17-7-10-3-4-13(19-2)12(16)6-10/h3-6,8H,7H2,1-2H3,(H,17,18). The molecule has 5 heteroatoms. The van der Waals surface area contributed by atoms with Gasteiger partial charge in [0.25, 0.3) is 0 Å². The third-order valence-electron chi connectivity index (χ3n) is 2.72. The zero-order valence-corrected chi connectivity index (χ0v) is 12.3. The van der Waals surface area contributed by atoms with E-state index in [1.165, 1.54) is 13.2 Å². The molecule has 0 spiro atoms. The summed E-state index contributed by atoms with van der Waals surface area (Å²) in [5, 5.41) is 3.18. The highest BCUT2D eigenvalue weighted by atomic mass is 79.9. The molecule has 0 bridgehead atoms. The number of aryl methyl sites for hydroxylation is 1. The first kappa shape index (κ1) is 13.8. The first-order chi connectivity index (χ1) is 9.10. The second-order valence-electron chi connectivity index (χ2n) is 4.14. The Balaban J connectivity index is 2.08. The summed E-state index contributed by atoms with van der Waals surface area (Å²) in [5.74, 6) is 0.684. The molecule has 1 aromatic carbocycles. The number of anilines is 1. The van der Waals surface area contributed by atoms with Gasteiger partial charge in [-0.1, -0.05) is 6.07 Å². The van der Waals surface area contributed by atoms with Crippen LogP contribution in [0.4, 0.5) is 10.2 Å². The maximum absolute atomic E-state index is 13.5. The lowest BCUT2D eigenvalue weighted by molar-refractivity contribution is 0.386. The second-order valence-corrected chi connectivity index (χ2v) is 5.06. The van der Waals surface area contributed by atoms with E-state index in [0.717, 1.165) is 21.4 Å². The number of aromatic nitrogens is 1. The molecule has 0 radical (unpaired) electrons. The highest BCUT2D eigenvalue weighted by molar-refractivity contribution is 9.10. The fraction of sp³-hybridized carbons (Fsp3) is 0.214. The van der Waals surface area contributed by atoms with Crippen molar-refractivity contribution >= 4 is 21.7 Å². The first-order valence-corrected chi connectivity index (χ1v) is 6.58. The number of ether oxygens (including phenoxy) is 1. The molecule has 1 aromatic heterocycles. The number of hydrogen-bond acceptors (Lipinski definition) is 3. The van der Waals surface area contributed by atoms with Crippen LogP contribution >= 0.6 is 15.9 Å². The van der Waals surface area contributed by atoms with Gasteiger partial charge in [0.2, 0.25) is 0 Å². The number of halogens is 2. The van der Waals surface area contributed by atoms with E-state index in [1.807, 2.05) is 19.1 Å². The molecule has 1 heterocycles. The Hall–Kier alpha value is -1.62. The highest BCUT2D eigenvalue weighted by Gasteiger charge is 2.05. The Kier molecular flexibility index (Phi) is 4.37. The van der Waals surface area contributed by atoms with Gasteiger partial charge in [-0.05, 0) is 52.2 Å². The van der Waals surface area contributed by atoms with Crippen LogP contribution in [0.3, 0.4) is 0 Å². The number of methoxy groups -OCH3 is 1. The first-order valence-electron chi connectivity index (χ1n) is 5.78. The van der Waals surface area contributed by atoms with Gasteiger partial charge in [-0.2, -0.15) is 0 Å². The summed E-state index contributed by atoms with van der Waals surface area (Å²) in [6.45, 7) is 2.48. The summed E-state index contributed by atoms with van der Waals surface area (Å²) < 4.78 is 19.4. The fourth-order valence-electron chi connectivity index (χ4n) is 1.73. The van der Waals surface area contributed by atoms with Crippen LogP contribution in [0, 0.1) is 12.7 Å². The van der Waals surface area contributed by atoms with Gasteiger partial charge in [0.15, 0.2) is 11.6 Å². The van der Waals surface area contributed by atoms with Crippen LogP contribution < -0.4 is 10.1 Å². The minimum absolute atomic E-state index is 0.252. The number of nitrogens with one attached hydrogen (secondary N) is 1. The summed E-state index contributed by atoms with van der Waals surface area (Å²) >= 11 is 3.36. The van der Waals surface area contributed by atoms with E-state index in [2.05, 4.69) is 26.2 Å². The molecule has 2 rings (SSSR count). The van der Waals surface area contributed by atoms with Crippen molar-refractivity contribution in [1.29, 1.82) is 0 Å². The van der Waals surface area contributed by atoms with Crippen molar-refractivity contribution in [2.24, 2.45) is 0 Å². The third-order valence-corrected chi connectivity index (χ3v) is 3.15. The molecule has 0 saturated heterocycles. The van der Waals surface area contributed by atoms with Crippen LogP contribution in [0.25, 0.3) is 0 Å². The van der Waals surface area contributed by atoms with E-state index in [9.17, 15) is 4.39 Å². The molecule has 0 saturated carbocycles. The molecule has 0 aliphatic rings.